The highest BCUT2D eigenvalue weighted by molar-refractivity contribution is 5.82. The normalized spacial score (nSPS) is 26.7. The number of carbonyl (C=O) groups is 1. The average Bonchev–Trinajstić information content (AvgIpc) is 2.66. The number of rotatable bonds is 4. The van der Waals surface area contributed by atoms with Crippen molar-refractivity contribution < 1.29 is 19.0 Å². The summed E-state index contributed by atoms with van der Waals surface area (Å²) in [5, 5.41) is 0. The van der Waals surface area contributed by atoms with Crippen LogP contribution in [0.2, 0.25) is 0 Å². The molecule has 1 fully saturated rings. The monoisotopic (exact) mass is 214 g/mol. The molecule has 0 aromatic heterocycles. The lowest BCUT2D eigenvalue weighted by Crippen LogP contribution is -2.14. The minimum Gasteiger partial charge on any atom is -0.463 e. The van der Waals surface area contributed by atoms with Crippen LogP contribution >= 0.6 is 0 Å². The molecule has 0 saturated carbocycles. The summed E-state index contributed by atoms with van der Waals surface area (Å²) in [6.45, 7) is 4.06. The van der Waals surface area contributed by atoms with Crippen molar-refractivity contribution in [3.05, 3.63) is 11.6 Å². The maximum absolute atomic E-state index is 11.2. The quantitative estimate of drug-likeness (QED) is 0.527. The number of esters is 1. The molecule has 1 unspecified atom stereocenters. The van der Waals surface area contributed by atoms with Gasteiger partial charge in [0, 0.05) is 19.6 Å². The van der Waals surface area contributed by atoms with Crippen LogP contribution in [-0.2, 0) is 19.0 Å². The number of hydrogen-bond acceptors (Lipinski definition) is 4. The zero-order valence-corrected chi connectivity index (χ0v) is 9.49. The lowest BCUT2D eigenvalue weighted by atomic mass is 10.1. The van der Waals surface area contributed by atoms with E-state index >= 15 is 0 Å². The number of methoxy groups -OCH3 is 1. The van der Waals surface area contributed by atoms with Gasteiger partial charge in [-0.25, -0.2) is 4.79 Å². The van der Waals surface area contributed by atoms with E-state index < -0.39 is 0 Å². The smallest absolute Gasteiger partial charge is 0.330 e. The largest absolute Gasteiger partial charge is 0.463 e. The minimum absolute atomic E-state index is 0.0145. The maximum atomic E-state index is 11.2. The van der Waals surface area contributed by atoms with Crippen LogP contribution in [0.15, 0.2) is 11.6 Å². The third kappa shape index (κ3) is 3.64. The molecule has 86 valence electrons. The predicted octanol–water partition coefficient (Wildman–Crippen LogP) is 1.65. The summed E-state index contributed by atoms with van der Waals surface area (Å²) in [5.74, 6) is -0.306. The second kappa shape index (κ2) is 5.88. The Morgan fingerprint density at radius 3 is 2.80 bits per heavy atom. The standard InChI is InChI=1S/C11H18O4/c1-4-14-10(12)7-8(2)9-5-6-11(13-3)15-9/h7,9,11H,4-6H2,1-3H3/b8-7+/t9-,11?/m0/s1. The molecule has 2 atom stereocenters. The summed E-state index contributed by atoms with van der Waals surface area (Å²) in [7, 11) is 1.62. The Labute approximate surface area is 90.2 Å². The van der Waals surface area contributed by atoms with Crippen molar-refractivity contribution in [1.82, 2.24) is 0 Å². The summed E-state index contributed by atoms with van der Waals surface area (Å²) in [6, 6.07) is 0. The van der Waals surface area contributed by atoms with Gasteiger partial charge in [-0.1, -0.05) is 0 Å². The van der Waals surface area contributed by atoms with Gasteiger partial charge in [0.2, 0.25) is 0 Å². The first-order chi connectivity index (χ1) is 7.17. The highest BCUT2D eigenvalue weighted by Gasteiger charge is 2.26. The fourth-order valence-corrected chi connectivity index (χ4v) is 1.58. The average molecular weight is 214 g/mol. The Bertz CT molecular complexity index is 247. The molecule has 1 saturated heterocycles. The first kappa shape index (κ1) is 12.2. The highest BCUT2D eigenvalue weighted by atomic mass is 16.7. The summed E-state index contributed by atoms with van der Waals surface area (Å²) in [6.07, 6.45) is 3.10. The second-order valence-electron chi connectivity index (χ2n) is 3.51. The van der Waals surface area contributed by atoms with E-state index in [-0.39, 0.29) is 18.4 Å². The van der Waals surface area contributed by atoms with Gasteiger partial charge in [-0.2, -0.15) is 0 Å². The number of ether oxygens (including phenoxy) is 3. The fourth-order valence-electron chi connectivity index (χ4n) is 1.58. The molecule has 0 radical (unpaired) electrons. The van der Waals surface area contributed by atoms with Crippen molar-refractivity contribution in [1.29, 1.82) is 0 Å². The van der Waals surface area contributed by atoms with Gasteiger partial charge in [0.15, 0.2) is 6.29 Å². The first-order valence-electron chi connectivity index (χ1n) is 5.20. The van der Waals surface area contributed by atoms with Crippen LogP contribution in [0.25, 0.3) is 0 Å². The highest BCUT2D eigenvalue weighted by Crippen LogP contribution is 2.25. The van der Waals surface area contributed by atoms with Crippen LogP contribution in [0.1, 0.15) is 26.7 Å². The summed E-state index contributed by atoms with van der Waals surface area (Å²) < 4.78 is 15.5. The van der Waals surface area contributed by atoms with Crippen LogP contribution in [-0.4, -0.2) is 32.1 Å². The fraction of sp³-hybridized carbons (Fsp3) is 0.727. The van der Waals surface area contributed by atoms with Crippen LogP contribution in [0.3, 0.4) is 0 Å². The molecule has 0 aliphatic carbocycles. The molecule has 0 amide bonds. The molecular formula is C11H18O4. The third-order valence-electron chi connectivity index (χ3n) is 2.38. The minimum atomic E-state index is -0.306. The summed E-state index contributed by atoms with van der Waals surface area (Å²) in [5.41, 5.74) is 0.896. The molecule has 1 heterocycles. The van der Waals surface area contributed by atoms with Gasteiger partial charge >= 0.3 is 5.97 Å². The van der Waals surface area contributed by atoms with Crippen molar-refractivity contribution in [2.45, 2.75) is 39.1 Å². The van der Waals surface area contributed by atoms with Gasteiger partial charge < -0.3 is 14.2 Å². The molecule has 0 aromatic carbocycles. The van der Waals surface area contributed by atoms with Crippen molar-refractivity contribution in [2.75, 3.05) is 13.7 Å². The zero-order chi connectivity index (χ0) is 11.3. The Kier molecular flexibility index (Phi) is 4.78. The Balaban J connectivity index is 2.46. The topological polar surface area (TPSA) is 44.8 Å². The summed E-state index contributed by atoms with van der Waals surface area (Å²) >= 11 is 0. The van der Waals surface area contributed by atoms with Gasteiger partial charge in [-0.05, 0) is 25.8 Å². The van der Waals surface area contributed by atoms with E-state index in [1.54, 1.807) is 14.0 Å². The molecule has 1 aliphatic rings. The Morgan fingerprint density at radius 2 is 2.27 bits per heavy atom. The maximum Gasteiger partial charge on any atom is 0.330 e. The predicted molar refractivity (Wildman–Crippen MR) is 55.3 cm³/mol. The van der Waals surface area contributed by atoms with Crippen LogP contribution in [0.5, 0.6) is 0 Å². The van der Waals surface area contributed by atoms with Crippen molar-refractivity contribution in [3.63, 3.8) is 0 Å². The Morgan fingerprint density at radius 1 is 1.53 bits per heavy atom. The zero-order valence-electron chi connectivity index (χ0n) is 9.49. The van der Waals surface area contributed by atoms with Gasteiger partial charge in [-0.3, -0.25) is 0 Å². The van der Waals surface area contributed by atoms with E-state index in [1.807, 2.05) is 6.92 Å². The molecule has 0 N–H and O–H groups in total. The molecule has 4 nitrogen and oxygen atoms in total. The van der Waals surface area contributed by atoms with Gasteiger partial charge in [0.25, 0.3) is 0 Å². The molecule has 4 heteroatoms. The van der Waals surface area contributed by atoms with E-state index in [0.717, 1.165) is 18.4 Å². The lowest BCUT2D eigenvalue weighted by Gasteiger charge is -2.12. The second-order valence-corrected chi connectivity index (χ2v) is 3.51. The van der Waals surface area contributed by atoms with Crippen LogP contribution < -0.4 is 0 Å². The third-order valence-corrected chi connectivity index (χ3v) is 2.38. The Hall–Kier alpha value is -0.870. The van der Waals surface area contributed by atoms with Gasteiger partial charge in [-0.15, -0.1) is 0 Å². The number of hydrogen-bond donors (Lipinski definition) is 0. The SMILES string of the molecule is CCOC(=O)/C=C(\C)[C@@H]1CCC(OC)O1. The van der Waals surface area contributed by atoms with Crippen molar-refractivity contribution in [2.24, 2.45) is 0 Å². The molecule has 1 rings (SSSR count). The van der Waals surface area contributed by atoms with E-state index in [1.165, 1.54) is 6.08 Å². The van der Waals surface area contributed by atoms with E-state index in [2.05, 4.69) is 0 Å². The van der Waals surface area contributed by atoms with Crippen molar-refractivity contribution >= 4 is 5.97 Å². The molecule has 0 bridgehead atoms. The van der Waals surface area contributed by atoms with Crippen LogP contribution in [0.4, 0.5) is 0 Å². The molecule has 15 heavy (non-hydrogen) atoms. The van der Waals surface area contributed by atoms with E-state index in [9.17, 15) is 4.79 Å². The molecule has 0 spiro atoms. The lowest BCUT2D eigenvalue weighted by molar-refractivity contribution is -0.137. The first-order valence-corrected chi connectivity index (χ1v) is 5.20. The van der Waals surface area contributed by atoms with Gasteiger partial charge in [0.05, 0.1) is 12.7 Å². The van der Waals surface area contributed by atoms with Crippen LogP contribution in [0, 0.1) is 0 Å². The molecule has 1 aliphatic heterocycles. The molecular weight excluding hydrogens is 196 g/mol. The van der Waals surface area contributed by atoms with Crippen molar-refractivity contribution in [3.8, 4) is 0 Å². The van der Waals surface area contributed by atoms with E-state index in [4.69, 9.17) is 14.2 Å². The number of carbonyl (C=O) groups excluding carboxylic acids is 1. The summed E-state index contributed by atoms with van der Waals surface area (Å²) in [4.78, 5) is 11.2. The van der Waals surface area contributed by atoms with Gasteiger partial charge in [0.1, 0.15) is 0 Å². The van der Waals surface area contributed by atoms with E-state index in [0.29, 0.717) is 6.61 Å². The molecule has 0 aromatic rings.